The smallest absolute Gasteiger partial charge is 0.330 e. The third-order valence-electron chi connectivity index (χ3n) is 3.17. The van der Waals surface area contributed by atoms with Crippen molar-refractivity contribution < 1.29 is 19.4 Å². The number of rotatable bonds is 6. The van der Waals surface area contributed by atoms with Crippen LogP contribution in [-0.4, -0.2) is 29.1 Å². The van der Waals surface area contributed by atoms with E-state index in [0.717, 1.165) is 5.56 Å². The van der Waals surface area contributed by atoms with E-state index in [-0.39, 0.29) is 24.7 Å². The highest BCUT2D eigenvalue weighted by Gasteiger charge is 2.20. The maximum atomic E-state index is 11.8. The largest absolute Gasteiger partial charge is 0.459 e. The van der Waals surface area contributed by atoms with Crippen molar-refractivity contribution in [1.82, 2.24) is 0 Å². The number of benzene rings is 1. The van der Waals surface area contributed by atoms with Gasteiger partial charge >= 0.3 is 5.97 Å². The van der Waals surface area contributed by atoms with Crippen LogP contribution in [0.25, 0.3) is 6.08 Å². The number of cyclic esters (lactones) is 1. The van der Waals surface area contributed by atoms with E-state index in [1.54, 1.807) is 12.2 Å². The molecule has 0 amide bonds. The first-order valence-corrected chi connectivity index (χ1v) is 6.94. The predicted octanol–water partition coefficient (Wildman–Crippen LogP) is 2.28. The highest BCUT2D eigenvalue weighted by Crippen LogP contribution is 2.15. The van der Waals surface area contributed by atoms with Crippen LogP contribution in [0.3, 0.4) is 0 Å². The highest BCUT2D eigenvalue weighted by atomic mass is 16.5. The first-order chi connectivity index (χ1) is 10.1. The van der Waals surface area contributed by atoms with E-state index in [1.807, 2.05) is 30.3 Å². The molecule has 0 aromatic heterocycles. The van der Waals surface area contributed by atoms with Crippen molar-refractivity contribution in [3.8, 4) is 0 Å². The van der Waals surface area contributed by atoms with E-state index in [1.165, 1.54) is 12.2 Å². The fourth-order valence-electron chi connectivity index (χ4n) is 2.15. The predicted molar refractivity (Wildman–Crippen MR) is 79.4 cm³/mol. The summed E-state index contributed by atoms with van der Waals surface area (Å²) >= 11 is 0. The van der Waals surface area contributed by atoms with Crippen molar-refractivity contribution >= 4 is 17.8 Å². The Morgan fingerprint density at radius 2 is 2.14 bits per heavy atom. The molecule has 4 heteroatoms. The van der Waals surface area contributed by atoms with Gasteiger partial charge in [-0.1, -0.05) is 42.5 Å². The molecule has 1 N–H and O–H groups in total. The topological polar surface area (TPSA) is 63.6 Å². The molecular weight excluding hydrogens is 268 g/mol. The maximum Gasteiger partial charge on any atom is 0.330 e. The molecule has 0 spiro atoms. The van der Waals surface area contributed by atoms with Gasteiger partial charge in [-0.25, -0.2) is 4.79 Å². The van der Waals surface area contributed by atoms with Crippen molar-refractivity contribution in [3.05, 3.63) is 54.1 Å². The molecule has 1 aromatic carbocycles. The highest BCUT2D eigenvalue weighted by molar-refractivity contribution is 5.93. The van der Waals surface area contributed by atoms with E-state index in [4.69, 9.17) is 4.74 Å². The van der Waals surface area contributed by atoms with Crippen LogP contribution in [0.1, 0.15) is 24.8 Å². The zero-order valence-corrected chi connectivity index (χ0v) is 11.6. The van der Waals surface area contributed by atoms with E-state index < -0.39 is 12.1 Å². The van der Waals surface area contributed by atoms with Gasteiger partial charge in [-0.2, -0.15) is 0 Å². The summed E-state index contributed by atoms with van der Waals surface area (Å²) in [5.41, 5.74) is 0.937. The number of hydrogen-bond acceptors (Lipinski definition) is 4. The normalized spacial score (nSPS) is 19.5. The molecule has 0 aliphatic carbocycles. The first kappa shape index (κ1) is 15.2. The standard InChI is InChI=1S/C17H18O4/c18-14(10-9-13-5-2-1-3-6-13)11-15(19)12-16-7-4-8-17(20)21-16/h1-6,8-10,15-16,19H,7,11-12H2/t15-,16+/m1/s1. The first-order valence-electron chi connectivity index (χ1n) is 6.94. The number of carbonyl (C=O) groups excluding carboxylic acids is 2. The van der Waals surface area contributed by atoms with Crippen molar-refractivity contribution in [1.29, 1.82) is 0 Å². The molecular formula is C17H18O4. The van der Waals surface area contributed by atoms with Crippen LogP contribution < -0.4 is 0 Å². The SMILES string of the molecule is O=C(C=Cc1ccccc1)C[C@@H](O)C[C@@H]1CC=CC(=O)O1. The molecule has 110 valence electrons. The lowest BCUT2D eigenvalue weighted by atomic mass is 10.0. The Bertz CT molecular complexity index is 545. The average Bonchev–Trinajstić information content (AvgIpc) is 2.46. The second-order valence-corrected chi connectivity index (χ2v) is 5.00. The second kappa shape index (κ2) is 7.55. The molecule has 0 fully saturated rings. The maximum absolute atomic E-state index is 11.8. The molecule has 1 aliphatic heterocycles. The number of ketones is 1. The van der Waals surface area contributed by atoms with Gasteiger partial charge in [0, 0.05) is 25.3 Å². The Hall–Kier alpha value is -2.20. The van der Waals surface area contributed by atoms with Gasteiger partial charge in [-0.15, -0.1) is 0 Å². The third-order valence-corrected chi connectivity index (χ3v) is 3.17. The van der Waals surface area contributed by atoms with Crippen molar-refractivity contribution in [2.45, 2.75) is 31.5 Å². The summed E-state index contributed by atoms with van der Waals surface area (Å²) in [6.07, 6.45) is 6.02. The number of ether oxygens (including phenoxy) is 1. The molecule has 1 aliphatic rings. The number of esters is 1. The van der Waals surface area contributed by atoms with E-state index in [9.17, 15) is 14.7 Å². The summed E-state index contributed by atoms with van der Waals surface area (Å²) in [5.74, 6) is -0.544. The van der Waals surface area contributed by atoms with Gasteiger partial charge < -0.3 is 9.84 Å². The molecule has 1 aromatic rings. The van der Waals surface area contributed by atoms with Crippen LogP contribution >= 0.6 is 0 Å². The zero-order chi connectivity index (χ0) is 15.1. The van der Waals surface area contributed by atoms with Crippen molar-refractivity contribution in [3.63, 3.8) is 0 Å². The Balaban J connectivity index is 1.78. The lowest BCUT2D eigenvalue weighted by molar-refractivity contribution is -0.145. The van der Waals surface area contributed by atoms with Gasteiger partial charge in [0.25, 0.3) is 0 Å². The molecule has 4 nitrogen and oxygen atoms in total. The molecule has 1 heterocycles. The third kappa shape index (κ3) is 5.36. The average molecular weight is 286 g/mol. The Labute approximate surface area is 123 Å². The Morgan fingerprint density at radius 3 is 2.86 bits per heavy atom. The molecule has 2 atom stereocenters. The Morgan fingerprint density at radius 1 is 1.38 bits per heavy atom. The summed E-state index contributed by atoms with van der Waals surface area (Å²) in [4.78, 5) is 22.8. The van der Waals surface area contributed by atoms with Crippen molar-refractivity contribution in [2.24, 2.45) is 0 Å². The van der Waals surface area contributed by atoms with Crippen LogP contribution in [0.15, 0.2) is 48.6 Å². The number of aliphatic hydroxyl groups excluding tert-OH is 1. The molecule has 21 heavy (non-hydrogen) atoms. The van der Waals surface area contributed by atoms with Crippen molar-refractivity contribution in [2.75, 3.05) is 0 Å². The molecule has 0 saturated carbocycles. The van der Waals surface area contributed by atoms with Gasteiger partial charge in [0.1, 0.15) is 6.10 Å². The monoisotopic (exact) mass is 286 g/mol. The summed E-state index contributed by atoms with van der Waals surface area (Å²) in [6.45, 7) is 0. The van der Waals surface area contributed by atoms with Gasteiger partial charge in [0.05, 0.1) is 6.10 Å². The number of aliphatic hydroxyl groups is 1. The minimum Gasteiger partial charge on any atom is -0.459 e. The van der Waals surface area contributed by atoms with Gasteiger partial charge in [-0.05, 0) is 11.6 Å². The molecule has 0 bridgehead atoms. The molecule has 0 saturated heterocycles. The summed E-state index contributed by atoms with van der Waals surface area (Å²) in [7, 11) is 0. The van der Waals surface area contributed by atoms with Gasteiger partial charge in [0.2, 0.25) is 0 Å². The minimum atomic E-state index is -0.803. The molecule has 0 unspecified atom stereocenters. The fraction of sp³-hybridized carbons (Fsp3) is 0.294. The number of carbonyl (C=O) groups is 2. The number of allylic oxidation sites excluding steroid dienone is 1. The van der Waals surface area contributed by atoms with E-state index >= 15 is 0 Å². The molecule has 0 radical (unpaired) electrons. The van der Waals surface area contributed by atoms with Crippen LogP contribution in [0.2, 0.25) is 0 Å². The second-order valence-electron chi connectivity index (χ2n) is 5.00. The summed E-state index contributed by atoms with van der Waals surface area (Å²) in [5, 5.41) is 9.89. The minimum absolute atomic E-state index is 0.0289. The summed E-state index contributed by atoms with van der Waals surface area (Å²) < 4.78 is 5.05. The zero-order valence-electron chi connectivity index (χ0n) is 11.6. The van der Waals surface area contributed by atoms with E-state index in [0.29, 0.717) is 6.42 Å². The van der Waals surface area contributed by atoms with Crippen LogP contribution in [0.5, 0.6) is 0 Å². The fourth-order valence-corrected chi connectivity index (χ4v) is 2.15. The van der Waals surface area contributed by atoms with E-state index in [2.05, 4.69) is 0 Å². The quantitative estimate of drug-likeness (QED) is 0.643. The van der Waals surface area contributed by atoms with Crippen LogP contribution in [-0.2, 0) is 14.3 Å². The van der Waals surface area contributed by atoms with Crippen LogP contribution in [0, 0.1) is 0 Å². The van der Waals surface area contributed by atoms with Gasteiger partial charge in [-0.3, -0.25) is 4.79 Å². The van der Waals surface area contributed by atoms with Gasteiger partial charge in [0.15, 0.2) is 5.78 Å². The molecule has 2 rings (SSSR count). The lowest BCUT2D eigenvalue weighted by Crippen LogP contribution is -2.26. The number of hydrogen-bond donors (Lipinski definition) is 1. The Kier molecular flexibility index (Phi) is 5.46. The van der Waals surface area contributed by atoms with Crippen LogP contribution in [0.4, 0.5) is 0 Å². The summed E-state index contributed by atoms with van der Waals surface area (Å²) in [6, 6.07) is 9.48. The lowest BCUT2D eigenvalue weighted by Gasteiger charge is -2.20.